The molecule has 0 unspecified atom stereocenters. The first-order valence-corrected chi connectivity index (χ1v) is 13.4. The van der Waals surface area contributed by atoms with Crippen molar-refractivity contribution in [1.29, 1.82) is 0 Å². The maximum absolute atomic E-state index is 15.5. The van der Waals surface area contributed by atoms with Gasteiger partial charge in [-0.05, 0) is 71.3 Å². The fourth-order valence-electron chi connectivity index (χ4n) is 4.98. The molecule has 4 aromatic rings. The van der Waals surface area contributed by atoms with Gasteiger partial charge in [-0.3, -0.25) is 4.90 Å². The van der Waals surface area contributed by atoms with E-state index in [9.17, 15) is 0 Å². The molecule has 0 amide bonds. The predicted octanol–water partition coefficient (Wildman–Crippen LogP) is 6.34. The fraction of sp³-hybridized carbons (Fsp3) is 0.393. The summed E-state index contributed by atoms with van der Waals surface area (Å²) in [6.07, 6.45) is 5.80. The second-order valence-electron chi connectivity index (χ2n) is 10.1. The van der Waals surface area contributed by atoms with Crippen LogP contribution in [0, 0.1) is 5.92 Å². The lowest BCUT2D eigenvalue weighted by Gasteiger charge is -2.36. The molecule has 8 heteroatoms. The number of benzene rings is 2. The van der Waals surface area contributed by atoms with E-state index in [4.69, 9.17) is 4.74 Å². The number of rotatable bonds is 8. The summed E-state index contributed by atoms with van der Waals surface area (Å²) in [6.45, 7) is 2.99. The lowest BCUT2D eigenvalue weighted by molar-refractivity contribution is 0.0549. The van der Waals surface area contributed by atoms with Crippen molar-refractivity contribution in [3.8, 4) is 11.6 Å². The monoisotopic (exact) mass is 549 g/mol. The van der Waals surface area contributed by atoms with Gasteiger partial charge in [-0.1, -0.05) is 41.6 Å². The minimum Gasteiger partial charge on any atom is -0.437 e. The van der Waals surface area contributed by atoms with Gasteiger partial charge in [0.1, 0.15) is 16.9 Å². The van der Waals surface area contributed by atoms with Gasteiger partial charge in [-0.15, -0.1) is 5.10 Å². The molecule has 0 radical (unpaired) electrons. The molecule has 6 rings (SSSR count). The van der Waals surface area contributed by atoms with E-state index in [2.05, 4.69) is 36.1 Å². The van der Waals surface area contributed by atoms with E-state index in [1.807, 2.05) is 59.3 Å². The summed E-state index contributed by atoms with van der Waals surface area (Å²) in [5.41, 5.74) is 2.69. The van der Waals surface area contributed by atoms with Crippen molar-refractivity contribution >= 4 is 27.0 Å². The topological polar surface area (TPSA) is 56.1 Å². The number of pyridine rings is 1. The number of aromatic nitrogens is 4. The minimum absolute atomic E-state index is 0.477. The molecule has 1 saturated carbocycles. The number of alkyl halides is 1. The van der Waals surface area contributed by atoms with Crippen molar-refractivity contribution in [1.82, 2.24) is 24.9 Å². The molecule has 2 aromatic heterocycles. The molecule has 6 nitrogen and oxygen atoms in total. The molecule has 2 aromatic carbocycles. The summed E-state index contributed by atoms with van der Waals surface area (Å²) in [6, 6.07) is 17.9. The summed E-state index contributed by atoms with van der Waals surface area (Å²) >= 11 is 3.68. The Morgan fingerprint density at radius 2 is 1.83 bits per heavy atom. The van der Waals surface area contributed by atoms with Crippen LogP contribution in [0.5, 0.6) is 11.6 Å². The molecule has 1 aliphatic heterocycles. The molecule has 186 valence electrons. The zero-order valence-corrected chi connectivity index (χ0v) is 21.7. The molecule has 36 heavy (non-hydrogen) atoms. The van der Waals surface area contributed by atoms with Crippen LogP contribution in [-0.4, -0.2) is 43.6 Å². The van der Waals surface area contributed by atoms with Crippen LogP contribution < -0.4 is 4.74 Å². The Morgan fingerprint density at radius 1 is 1.03 bits per heavy atom. The SMILES string of the molecule is FC1(Cc2ccccc2)CCN(Cc2cccnc2Oc2ccc3c(nnn3CC3CC3)c2Br)CC1. The van der Waals surface area contributed by atoms with Gasteiger partial charge in [-0.25, -0.2) is 14.1 Å². The Morgan fingerprint density at radius 3 is 2.61 bits per heavy atom. The number of fused-ring (bicyclic) bond motifs is 1. The van der Waals surface area contributed by atoms with E-state index in [-0.39, 0.29) is 0 Å². The average Bonchev–Trinajstić information content (AvgIpc) is 3.62. The summed E-state index contributed by atoms with van der Waals surface area (Å²) in [7, 11) is 0. The predicted molar refractivity (Wildman–Crippen MR) is 141 cm³/mol. The molecule has 1 saturated heterocycles. The number of likely N-dealkylation sites (tertiary alicyclic amines) is 1. The Bertz CT molecular complexity index is 1350. The van der Waals surface area contributed by atoms with Gasteiger partial charge < -0.3 is 4.74 Å². The number of hydrogen-bond acceptors (Lipinski definition) is 5. The highest BCUT2D eigenvalue weighted by atomic mass is 79.9. The summed E-state index contributed by atoms with van der Waals surface area (Å²) in [5, 5.41) is 8.73. The lowest BCUT2D eigenvalue weighted by atomic mass is 9.87. The Balaban J connectivity index is 1.13. The molecular formula is C28H29BrFN5O. The van der Waals surface area contributed by atoms with Crippen molar-refractivity contribution in [2.45, 2.75) is 50.9 Å². The Kier molecular flexibility index (Phi) is 6.48. The van der Waals surface area contributed by atoms with E-state index in [0.29, 0.717) is 50.5 Å². The van der Waals surface area contributed by atoms with Gasteiger partial charge in [0.2, 0.25) is 5.88 Å². The largest absolute Gasteiger partial charge is 0.437 e. The van der Waals surface area contributed by atoms with Gasteiger partial charge in [0.05, 0.1) is 9.99 Å². The summed E-state index contributed by atoms with van der Waals surface area (Å²) < 4.78 is 24.5. The third-order valence-corrected chi connectivity index (χ3v) is 8.05. The minimum atomic E-state index is -1.15. The first-order valence-electron chi connectivity index (χ1n) is 12.6. The van der Waals surface area contributed by atoms with E-state index in [0.717, 1.165) is 39.1 Å². The quantitative estimate of drug-likeness (QED) is 0.256. The number of piperidine rings is 1. The number of hydrogen-bond donors (Lipinski definition) is 0. The van der Waals surface area contributed by atoms with Crippen molar-refractivity contribution in [3.63, 3.8) is 0 Å². The highest BCUT2D eigenvalue weighted by Gasteiger charge is 2.35. The van der Waals surface area contributed by atoms with Crippen LogP contribution in [0.2, 0.25) is 0 Å². The fourth-order valence-corrected chi connectivity index (χ4v) is 5.47. The van der Waals surface area contributed by atoms with Gasteiger partial charge in [0.15, 0.2) is 0 Å². The second-order valence-corrected chi connectivity index (χ2v) is 10.9. The van der Waals surface area contributed by atoms with Gasteiger partial charge in [-0.2, -0.15) is 0 Å². The van der Waals surface area contributed by atoms with Crippen molar-refractivity contribution < 1.29 is 9.13 Å². The van der Waals surface area contributed by atoms with Crippen LogP contribution in [0.15, 0.2) is 65.3 Å². The molecule has 0 bridgehead atoms. The molecule has 1 aliphatic carbocycles. The standard InChI is InChI=1S/C28H29BrFN5O/c29-25-24(11-10-23-26(25)32-33-35(23)18-21-8-9-21)36-27-22(7-4-14-31-27)19-34-15-12-28(30,13-16-34)17-20-5-2-1-3-6-20/h1-7,10-11,14,21H,8-9,12-13,15-19H2. The maximum Gasteiger partial charge on any atom is 0.223 e. The van der Waals surface area contributed by atoms with Gasteiger partial charge >= 0.3 is 0 Å². The molecule has 0 atom stereocenters. The summed E-state index contributed by atoms with van der Waals surface area (Å²) in [4.78, 5) is 6.80. The number of halogens is 2. The number of ether oxygens (including phenoxy) is 1. The van der Waals surface area contributed by atoms with Crippen molar-refractivity contribution in [2.24, 2.45) is 5.92 Å². The Hall–Kier alpha value is -2.84. The molecule has 0 N–H and O–H groups in total. The maximum atomic E-state index is 15.5. The normalized spacial score (nSPS) is 17.9. The van der Waals surface area contributed by atoms with Crippen LogP contribution in [0.4, 0.5) is 4.39 Å². The molecule has 2 aliphatic rings. The van der Waals surface area contributed by atoms with Crippen LogP contribution in [0.3, 0.4) is 0 Å². The van der Waals surface area contributed by atoms with E-state index in [1.165, 1.54) is 12.8 Å². The van der Waals surface area contributed by atoms with Crippen LogP contribution in [0.25, 0.3) is 11.0 Å². The van der Waals surface area contributed by atoms with Crippen LogP contribution in [-0.2, 0) is 19.5 Å². The average molecular weight is 550 g/mol. The first kappa shape index (κ1) is 23.6. The Labute approximate surface area is 218 Å². The molecule has 0 spiro atoms. The third kappa shape index (κ3) is 5.15. The molecule has 2 fully saturated rings. The van der Waals surface area contributed by atoms with E-state index >= 15 is 4.39 Å². The number of nitrogens with zero attached hydrogens (tertiary/aromatic N) is 5. The first-order chi connectivity index (χ1) is 17.6. The smallest absolute Gasteiger partial charge is 0.223 e. The van der Waals surface area contributed by atoms with Crippen molar-refractivity contribution in [2.75, 3.05) is 13.1 Å². The highest BCUT2D eigenvalue weighted by molar-refractivity contribution is 9.10. The second kappa shape index (κ2) is 9.90. The van der Waals surface area contributed by atoms with Crippen LogP contribution >= 0.6 is 15.9 Å². The van der Waals surface area contributed by atoms with E-state index < -0.39 is 5.67 Å². The van der Waals surface area contributed by atoms with Gasteiger partial charge in [0, 0.05) is 44.4 Å². The highest BCUT2D eigenvalue weighted by Crippen LogP contribution is 2.37. The summed E-state index contributed by atoms with van der Waals surface area (Å²) in [5.74, 6) is 1.94. The van der Waals surface area contributed by atoms with Crippen molar-refractivity contribution in [3.05, 3.63) is 76.4 Å². The van der Waals surface area contributed by atoms with E-state index in [1.54, 1.807) is 6.20 Å². The molecular weight excluding hydrogens is 521 g/mol. The third-order valence-electron chi connectivity index (χ3n) is 7.28. The zero-order valence-electron chi connectivity index (χ0n) is 20.1. The van der Waals surface area contributed by atoms with Crippen LogP contribution in [0.1, 0.15) is 36.8 Å². The molecule has 3 heterocycles. The zero-order chi connectivity index (χ0) is 24.5. The lowest BCUT2D eigenvalue weighted by Crippen LogP contribution is -2.42. The van der Waals surface area contributed by atoms with Gasteiger partial charge in [0.25, 0.3) is 0 Å².